The van der Waals surface area contributed by atoms with Gasteiger partial charge >= 0.3 is 0 Å². The second kappa shape index (κ2) is 7.39. The van der Waals surface area contributed by atoms with Gasteiger partial charge in [0.25, 0.3) is 11.8 Å². The standard InChI is InChI=1S/C22H19F3N2O2/c1-13-3-2-10-26(12-13)20-19(14-4-6-15(23)7-5-14)21(28)27(22(20)29)18-11-16(24)8-9-17(18)25/h4-9,11,13H,2-3,10,12H2,1H3. The molecule has 1 unspecified atom stereocenters. The molecule has 1 atom stereocenters. The summed E-state index contributed by atoms with van der Waals surface area (Å²) in [4.78, 5) is 29.0. The fourth-order valence-corrected chi connectivity index (χ4v) is 3.96. The van der Waals surface area contributed by atoms with Crippen LogP contribution in [0.5, 0.6) is 0 Å². The van der Waals surface area contributed by atoms with Crippen molar-refractivity contribution in [3.05, 3.63) is 71.2 Å². The summed E-state index contributed by atoms with van der Waals surface area (Å²) in [5, 5.41) is 0. The summed E-state index contributed by atoms with van der Waals surface area (Å²) in [5.74, 6) is -3.25. The predicted molar refractivity (Wildman–Crippen MR) is 102 cm³/mol. The fourth-order valence-electron chi connectivity index (χ4n) is 3.96. The van der Waals surface area contributed by atoms with Crippen LogP contribution in [0.2, 0.25) is 0 Å². The van der Waals surface area contributed by atoms with E-state index >= 15 is 0 Å². The number of anilines is 1. The first-order valence-corrected chi connectivity index (χ1v) is 9.46. The molecule has 2 aromatic rings. The maximum atomic E-state index is 14.4. The van der Waals surface area contributed by atoms with Crippen LogP contribution in [0.15, 0.2) is 48.2 Å². The Balaban J connectivity index is 1.85. The molecular formula is C22H19F3N2O2. The van der Waals surface area contributed by atoms with Crippen molar-refractivity contribution < 1.29 is 22.8 Å². The molecule has 0 radical (unpaired) electrons. The number of carbonyl (C=O) groups is 2. The van der Waals surface area contributed by atoms with Crippen molar-refractivity contribution in [1.29, 1.82) is 0 Å². The molecule has 2 heterocycles. The van der Waals surface area contributed by atoms with Crippen LogP contribution in [0.3, 0.4) is 0 Å². The van der Waals surface area contributed by atoms with Gasteiger partial charge in [-0.15, -0.1) is 0 Å². The molecule has 0 aromatic heterocycles. The number of rotatable bonds is 3. The van der Waals surface area contributed by atoms with Gasteiger partial charge in [-0.3, -0.25) is 9.59 Å². The minimum atomic E-state index is -0.875. The van der Waals surface area contributed by atoms with Gasteiger partial charge < -0.3 is 4.90 Å². The van der Waals surface area contributed by atoms with E-state index < -0.39 is 35.0 Å². The van der Waals surface area contributed by atoms with Crippen LogP contribution in [-0.2, 0) is 9.59 Å². The van der Waals surface area contributed by atoms with Crippen molar-refractivity contribution in [1.82, 2.24) is 4.90 Å². The maximum Gasteiger partial charge on any atom is 0.282 e. The molecule has 2 amide bonds. The van der Waals surface area contributed by atoms with Crippen molar-refractivity contribution in [2.45, 2.75) is 19.8 Å². The molecule has 1 fully saturated rings. The van der Waals surface area contributed by atoms with Crippen molar-refractivity contribution in [2.75, 3.05) is 18.0 Å². The lowest BCUT2D eigenvalue weighted by molar-refractivity contribution is -0.120. The number of halogens is 3. The van der Waals surface area contributed by atoms with Crippen LogP contribution in [0.1, 0.15) is 25.3 Å². The minimum absolute atomic E-state index is 0.0766. The average Bonchev–Trinajstić information content (AvgIpc) is 2.95. The highest BCUT2D eigenvalue weighted by molar-refractivity contribution is 6.45. The van der Waals surface area contributed by atoms with E-state index in [1.54, 1.807) is 0 Å². The molecule has 7 heteroatoms. The van der Waals surface area contributed by atoms with Gasteiger partial charge in [0.15, 0.2) is 0 Å². The number of hydrogen-bond donors (Lipinski definition) is 0. The SMILES string of the molecule is CC1CCCN(C2=C(c3ccc(F)cc3)C(=O)N(c3cc(F)ccc3F)C2=O)C1. The summed E-state index contributed by atoms with van der Waals surface area (Å²) in [6, 6.07) is 7.84. The number of benzene rings is 2. The zero-order valence-electron chi connectivity index (χ0n) is 15.8. The third-order valence-corrected chi connectivity index (χ3v) is 5.31. The van der Waals surface area contributed by atoms with Crippen LogP contribution in [0.4, 0.5) is 18.9 Å². The van der Waals surface area contributed by atoms with Gasteiger partial charge in [-0.25, -0.2) is 18.1 Å². The van der Waals surface area contributed by atoms with E-state index in [0.717, 1.165) is 31.0 Å². The molecule has 4 nitrogen and oxygen atoms in total. The molecule has 0 aliphatic carbocycles. The van der Waals surface area contributed by atoms with Gasteiger partial charge in [0.2, 0.25) is 0 Å². The Bertz CT molecular complexity index is 1020. The number of carbonyl (C=O) groups excluding carboxylic acids is 2. The maximum absolute atomic E-state index is 14.4. The Hall–Kier alpha value is -3.09. The van der Waals surface area contributed by atoms with Crippen LogP contribution in [0, 0.1) is 23.4 Å². The van der Waals surface area contributed by atoms with E-state index in [1.807, 2.05) is 4.90 Å². The number of hydrogen-bond acceptors (Lipinski definition) is 3. The summed E-state index contributed by atoms with van der Waals surface area (Å²) in [6.07, 6.45) is 1.84. The molecule has 0 spiro atoms. The number of piperidine rings is 1. The first kappa shape index (κ1) is 19.2. The van der Waals surface area contributed by atoms with Crippen LogP contribution in [0.25, 0.3) is 5.57 Å². The Kier molecular flexibility index (Phi) is 4.90. The van der Waals surface area contributed by atoms with Gasteiger partial charge in [0, 0.05) is 19.2 Å². The highest BCUT2D eigenvalue weighted by atomic mass is 19.1. The quantitative estimate of drug-likeness (QED) is 0.728. The lowest BCUT2D eigenvalue weighted by Crippen LogP contribution is -2.39. The number of likely N-dealkylation sites (tertiary alicyclic amines) is 1. The van der Waals surface area contributed by atoms with Gasteiger partial charge in [-0.2, -0.15) is 0 Å². The molecule has 0 N–H and O–H groups in total. The summed E-state index contributed by atoms with van der Waals surface area (Å²) < 4.78 is 41.5. The molecule has 1 saturated heterocycles. The normalized spacial score (nSPS) is 20.1. The third-order valence-electron chi connectivity index (χ3n) is 5.31. The van der Waals surface area contributed by atoms with Gasteiger partial charge in [0.05, 0.1) is 11.3 Å². The van der Waals surface area contributed by atoms with E-state index in [4.69, 9.17) is 0 Å². The van der Waals surface area contributed by atoms with Gasteiger partial charge in [-0.05, 0) is 48.6 Å². The zero-order valence-corrected chi connectivity index (χ0v) is 15.8. The first-order valence-electron chi connectivity index (χ1n) is 9.46. The highest BCUT2D eigenvalue weighted by Crippen LogP contribution is 2.37. The molecule has 150 valence electrons. The van der Waals surface area contributed by atoms with E-state index in [-0.39, 0.29) is 11.3 Å². The molecule has 0 saturated carbocycles. The minimum Gasteiger partial charge on any atom is -0.366 e. The van der Waals surface area contributed by atoms with Gasteiger partial charge in [0.1, 0.15) is 23.1 Å². The fraction of sp³-hybridized carbons (Fsp3) is 0.273. The Morgan fingerprint density at radius 1 is 0.931 bits per heavy atom. The largest absolute Gasteiger partial charge is 0.366 e. The number of amides is 2. The Morgan fingerprint density at radius 2 is 1.62 bits per heavy atom. The number of imide groups is 1. The third kappa shape index (κ3) is 3.41. The van der Waals surface area contributed by atoms with E-state index in [2.05, 4.69) is 6.92 Å². The average molecular weight is 400 g/mol. The molecule has 29 heavy (non-hydrogen) atoms. The first-order chi connectivity index (χ1) is 13.9. The predicted octanol–water partition coefficient (Wildman–Crippen LogP) is 4.12. The summed E-state index contributed by atoms with van der Waals surface area (Å²) >= 11 is 0. The van der Waals surface area contributed by atoms with Gasteiger partial charge in [-0.1, -0.05) is 19.1 Å². The van der Waals surface area contributed by atoms with E-state index in [9.17, 15) is 22.8 Å². The molecule has 2 aliphatic rings. The topological polar surface area (TPSA) is 40.6 Å². The van der Waals surface area contributed by atoms with Crippen LogP contribution >= 0.6 is 0 Å². The molecular weight excluding hydrogens is 381 g/mol. The summed E-state index contributed by atoms with van der Waals surface area (Å²) in [7, 11) is 0. The van der Waals surface area contributed by atoms with Crippen LogP contribution in [-0.4, -0.2) is 29.8 Å². The highest BCUT2D eigenvalue weighted by Gasteiger charge is 2.44. The second-order valence-electron chi connectivity index (χ2n) is 7.47. The van der Waals surface area contributed by atoms with Crippen LogP contribution < -0.4 is 4.90 Å². The van der Waals surface area contributed by atoms with E-state index in [1.165, 1.54) is 24.3 Å². The van der Waals surface area contributed by atoms with E-state index in [0.29, 0.717) is 29.5 Å². The Morgan fingerprint density at radius 3 is 2.31 bits per heavy atom. The lowest BCUT2D eigenvalue weighted by Gasteiger charge is -2.33. The Labute approximate surface area is 166 Å². The molecule has 4 rings (SSSR count). The molecule has 0 bridgehead atoms. The lowest BCUT2D eigenvalue weighted by atomic mass is 9.98. The van der Waals surface area contributed by atoms with Crippen molar-refractivity contribution >= 4 is 23.1 Å². The van der Waals surface area contributed by atoms with Crippen molar-refractivity contribution in [3.8, 4) is 0 Å². The van der Waals surface area contributed by atoms with Crippen molar-refractivity contribution in [2.24, 2.45) is 5.92 Å². The molecule has 2 aromatic carbocycles. The summed E-state index contributed by atoms with van der Waals surface area (Å²) in [6.45, 7) is 3.19. The number of nitrogens with zero attached hydrogens (tertiary/aromatic N) is 2. The smallest absolute Gasteiger partial charge is 0.282 e. The second-order valence-corrected chi connectivity index (χ2v) is 7.47. The monoisotopic (exact) mass is 400 g/mol. The van der Waals surface area contributed by atoms with Crippen molar-refractivity contribution in [3.63, 3.8) is 0 Å². The summed E-state index contributed by atoms with van der Waals surface area (Å²) in [5.41, 5.74) is 0.154. The zero-order chi connectivity index (χ0) is 20.7. The molecule has 2 aliphatic heterocycles.